The maximum Gasteiger partial charge on any atom is 0.332 e. The predicted octanol–water partition coefficient (Wildman–Crippen LogP) is 3.04. The van der Waals surface area contributed by atoms with Crippen molar-refractivity contribution in [2.24, 2.45) is 7.05 Å². The fraction of sp³-hybridized carbons (Fsp3) is 0.167. The van der Waals surface area contributed by atoms with Gasteiger partial charge in [-0.25, -0.2) is 9.18 Å². The summed E-state index contributed by atoms with van der Waals surface area (Å²) >= 11 is 1.98. The van der Waals surface area contributed by atoms with Gasteiger partial charge in [0.25, 0.3) is 0 Å². The molecule has 1 aliphatic carbocycles. The van der Waals surface area contributed by atoms with Crippen molar-refractivity contribution in [1.29, 1.82) is 0 Å². The Kier molecular flexibility index (Phi) is 7.59. The zero-order valence-corrected chi connectivity index (χ0v) is 25.2. The predicted molar refractivity (Wildman–Crippen MR) is 138 cm³/mol. The van der Waals surface area contributed by atoms with Gasteiger partial charge in [0, 0.05) is 65.0 Å². The van der Waals surface area contributed by atoms with Gasteiger partial charge >= 0.3 is 5.69 Å². The number of aromatic nitrogens is 3. The fourth-order valence-electron chi connectivity index (χ4n) is 3.97. The molecule has 1 aliphatic rings. The van der Waals surface area contributed by atoms with Crippen molar-refractivity contribution in [3.63, 3.8) is 0 Å². The van der Waals surface area contributed by atoms with Crippen molar-refractivity contribution in [1.82, 2.24) is 13.7 Å². The maximum atomic E-state index is 14.7. The summed E-state index contributed by atoms with van der Waals surface area (Å²) < 4.78 is 18.9. The fourth-order valence-corrected chi connectivity index (χ4v) is 4.43. The number of carbonyl (C=O) groups excluding carboxylic acids is 1. The molecule has 9 nitrogen and oxygen atoms in total. The summed E-state index contributed by atoms with van der Waals surface area (Å²) in [6.07, 6.45) is 1.83. The standard InChI is InChI=1S/C24H18FIN5O4.U/c1-29-20(33)11-19-21(22(29)28-18-8-5-13(26)9-17(18)25)23(34)31(15-6-7-15)24(35)30(19)16-4-2-3-14(10-16)27-12-32;/h2-5,8-10,12,15,28H,6-7H2,1H3,(H,27,32);/q-1;. The summed E-state index contributed by atoms with van der Waals surface area (Å²) in [6, 6.07) is 13.3. The Labute approximate surface area is 240 Å². The Morgan fingerprint density at radius 3 is 2.56 bits per heavy atom. The van der Waals surface area contributed by atoms with Gasteiger partial charge in [0.2, 0.25) is 6.41 Å². The first-order chi connectivity index (χ1) is 16.8. The average Bonchev–Trinajstić information content (AvgIpc) is 3.64. The van der Waals surface area contributed by atoms with Gasteiger partial charge < -0.3 is 15.2 Å². The molecule has 0 atom stereocenters. The number of fused-ring (bicyclic) bond motifs is 1. The zero-order valence-electron chi connectivity index (χ0n) is 18.8. The molecule has 5 rings (SSSR count). The molecule has 1 amide bonds. The van der Waals surface area contributed by atoms with Gasteiger partial charge in [-0.15, -0.1) is 0 Å². The number of pyridine rings is 1. The third-order valence-corrected chi connectivity index (χ3v) is 6.49. The second kappa shape index (κ2) is 10.4. The molecule has 12 heteroatoms. The van der Waals surface area contributed by atoms with E-state index in [1.54, 1.807) is 30.3 Å². The Morgan fingerprint density at radius 1 is 1.14 bits per heavy atom. The third kappa shape index (κ3) is 4.69. The largest absolute Gasteiger partial charge is 0.354 e. The molecule has 0 bridgehead atoms. The Balaban J connectivity index is 0.00000304. The normalized spacial score (nSPS) is 12.8. The Bertz CT molecular complexity index is 1690. The summed E-state index contributed by atoms with van der Waals surface area (Å²) in [7, 11) is 1.44. The number of nitrogens with one attached hydrogen (secondary N) is 2. The first kappa shape index (κ1) is 26.4. The van der Waals surface area contributed by atoms with E-state index in [1.807, 2.05) is 22.6 Å². The zero-order chi connectivity index (χ0) is 24.9. The molecule has 0 unspecified atom stereocenters. The van der Waals surface area contributed by atoms with E-state index in [1.165, 1.54) is 23.7 Å². The van der Waals surface area contributed by atoms with Gasteiger partial charge in [-0.2, -0.15) is 6.07 Å². The van der Waals surface area contributed by atoms with Crippen LogP contribution >= 0.6 is 22.6 Å². The maximum absolute atomic E-state index is 14.7. The van der Waals surface area contributed by atoms with E-state index in [-0.39, 0.29) is 59.6 Å². The first-order valence-electron chi connectivity index (χ1n) is 10.7. The van der Waals surface area contributed by atoms with Crippen LogP contribution in [0, 0.1) is 46.6 Å². The minimum absolute atomic E-state index is 0. The Morgan fingerprint density at radius 2 is 1.89 bits per heavy atom. The number of rotatable bonds is 6. The smallest absolute Gasteiger partial charge is 0.332 e. The number of nitrogens with zero attached hydrogens (tertiary/aromatic N) is 3. The topological polar surface area (TPSA) is 107 Å². The molecule has 0 aliphatic heterocycles. The number of amides is 1. The van der Waals surface area contributed by atoms with Crippen LogP contribution in [-0.4, -0.2) is 20.1 Å². The van der Waals surface area contributed by atoms with E-state index in [9.17, 15) is 23.6 Å². The SMILES string of the molecule is Cn1c(Nc2ccc(I)cc2F)c2c(=O)n(C3CC3)c(=O)n(-c3cccc(NC=O)c3)c2[c-]c1=O.[U]. The van der Waals surface area contributed by atoms with Crippen LogP contribution in [0.3, 0.4) is 0 Å². The summed E-state index contributed by atoms with van der Waals surface area (Å²) in [6.45, 7) is 0. The number of hydrogen-bond donors (Lipinski definition) is 2. The molecule has 0 radical (unpaired) electrons. The van der Waals surface area contributed by atoms with Crippen molar-refractivity contribution < 1.29 is 40.3 Å². The van der Waals surface area contributed by atoms with Crippen LogP contribution in [0.15, 0.2) is 56.8 Å². The second-order valence-corrected chi connectivity index (χ2v) is 9.39. The van der Waals surface area contributed by atoms with Crippen molar-refractivity contribution in [2.75, 3.05) is 10.6 Å². The number of carbonyl (C=O) groups is 1. The minimum atomic E-state index is -0.621. The summed E-state index contributed by atoms with van der Waals surface area (Å²) in [5.74, 6) is -0.520. The van der Waals surface area contributed by atoms with Gasteiger partial charge in [-0.1, -0.05) is 11.6 Å². The molecule has 182 valence electrons. The molecule has 36 heavy (non-hydrogen) atoms. The van der Waals surface area contributed by atoms with Gasteiger partial charge in [-0.05, 0) is 77.2 Å². The van der Waals surface area contributed by atoms with Crippen molar-refractivity contribution in [3.05, 3.63) is 89.1 Å². The van der Waals surface area contributed by atoms with Gasteiger partial charge in [-0.3, -0.25) is 23.5 Å². The molecule has 2 N–H and O–H groups in total. The molecular formula is C24H18FIN5O4U-. The molecule has 0 spiro atoms. The van der Waals surface area contributed by atoms with Crippen LogP contribution in [0.5, 0.6) is 0 Å². The van der Waals surface area contributed by atoms with Crippen LogP contribution in [0.2, 0.25) is 0 Å². The van der Waals surface area contributed by atoms with E-state index in [2.05, 4.69) is 16.7 Å². The summed E-state index contributed by atoms with van der Waals surface area (Å²) in [5, 5.41) is 5.43. The van der Waals surface area contributed by atoms with E-state index in [4.69, 9.17) is 0 Å². The van der Waals surface area contributed by atoms with Crippen LogP contribution in [0.4, 0.5) is 21.6 Å². The van der Waals surface area contributed by atoms with Crippen molar-refractivity contribution in [2.45, 2.75) is 18.9 Å². The van der Waals surface area contributed by atoms with Gasteiger partial charge in [0.15, 0.2) is 11.1 Å². The van der Waals surface area contributed by atoms with Gasteiger partial charge in [0.05, 0.1) is 5.69 Å². The van der Waals surface area contributed by atoms with E-state index < -0.39 is 22.6 Å². The molecule has 0 saturated heterocycles. The van der Waals surface area contributed by atoms with Crippen LogP contribution in [0.1, 0.15) is 18.9 Å². The van der Waals surface area contributed by atoms with E-state index in [0.717, 1.165) is 9.13 Å². The first-order valence-corrected chi connectivity index (χ1v) is 11.7. The number of anilines is 3. The molecule has 2 aromatic carbocycles. The van der Waals surface area contributed by atoms with Crippen LogP contribution in [0.25, 0.3) is 16.6 Å². The van der Waals surface area contributed by atoms with Crippen LogP contribution in [-0.2, 0) is 11.8 Å². The molecule has 4 aromatic rings. The average molecular weight is 824 g/mol. The summed E-state index contributed by atoms with van der Waals surface area (Å²) in [4.78, 5) is 51.0. The number of benzene rings is 2. The third-order valence-electron chi connectivity index (χ3n) is 5.82. The molecule has 2 heterocycles. The Hall–Kier alpha value is -2.69. The molecule has 1 fully saturated rings. The second-order valence-electron chi connectivity index (χ2n) is 8.15. The molecule has 1 saturated carbocycles. The number of hydrogen-bond acceptors (Lipinski definition) is 5. The van der Waals surface area contributed by atoms with E-state index in [0.29, 0.717) is 34.2 Å². The van der Waals surface area contributed by atoms with Crippen molar-refractivity contribution in [3.8, 4) is 5.69 Å². The monoisotopic (exact) mass is 824 g/mol. The quantitative estimate of drug-likeness (QED) is 0.177. The minimum Gasteiger partial charge on any atom is -0.354 e. The van der Waals surface area contributed by atoms with Crippen LogP contribution < -0.4 is 27.4 Å². The molecule has 2 aromatic heterocycles. The number of halogens is 2. The summed E-state index contributed by atoms with van der Waals surface area (Å²) in [5.41, 5.74) is -1.06. The molecular weight excluding hydrogens is 806 g/mol. The van der Waals surface area contributed by atoms with E-state index >= 15 is 0 Å². The van der Waals surface area contributed by atoms with Crippen molar-refractivity contribution >= 4 is 57.1 Å². The van der Waals surface area contributed by atoms with Gasteiger partial charge in [0.1, 0.15) is 5.82 Å².